The molecule has 1 aromatic carbocycles. The van der Waals surface area contributed by atoms with E-state index in [0.717, 1.165) is 31.6 Å². The fraction of sp³-hybridized carbons (Fsp3) is 0.353. The van der Waals surface area contributed by atoms with Crippen LogP contribution in [0.1, 0.15) is 41.5 Å². The Hall–Kier alpha value is -3.23. The first kappa shape index (κ1) is 16.2. The molecule has 1 saturated heterocycles. The number of nitrogens with one attached hydrogen (secondary N) is 3. The highest BCUT2D eigenvalue weighted by Gasteiger charge is 2.43. The van der Waals surface area contributed by atoms with E-state index in [2.05, 4.69) is 26.1 Å². The fourth-order valence-corrected chi connectivity index (χ4v) is 3.29. The summed E-state index contributed by atoms with van der Waals surface area (Å²) < 4.78 is 1.91. The van der Waals surface area contributed by atoms with E-state index in [4.69, 9.17) is 0 Å². The molecule has 1 atom stereocenters. The fourth-order valence-electron chi connectivity index (χ4n) is 3.29. The molecule has 2 aromatic rings. The monoisotopic (exact) mass is 354 g/mol. The van der Waals surface area contributed by atoms with Crippen LogP contribution in [0.5, 0.6) is 0 Å². The van der Waals surface area contributed by atoms with Gasteiger partial charge in [0.15, 0.2) is 0 Å². The van der Waals surface area contributed by atoms with E-state index in [1.54, 1.807) is 31.2 Å². The van der Waals surface area contributed by atoms with Crippen molar-refractivity contribution in [1.82, 2.24) is 25.4 Å². The summed E-state index contributed by atoms with van der Waals surface area (Å²) in [6.07, 6.45) is 2.95. The van der Waals surface area contributed by atoms with Gasteiger partial charge in [-0.2, -0.15) is 0 Å². The van der Waals surface area contributed by atoms with Crippen LogP contribution >= 0.6 is 0 Å². The van der Waals surface area contributed by atoms with E-state index in [1.165, 1.54) is 0 Å². The van der Waals surface area contributed by atoms with Gasteiger partial charge in [-0.1, -0.05) is 12.1 Å². The maximum absolute atomic E-state index is 12.6. The zero-order valence-electron chi connectivity index (χ0n) is 14.2. The van der Waals surface area contributed by atoms with E-state index in [-0.39, 0.29) is 5.91 Å². The van der Waals surface area contributed by atoms with Crippen molar-refractivity contribution < 1.29 is 14.4 Å². The second-order valence-corrected chi connectivity index (χ2v) is 6.62. The van der Waals surface area contributed by atoms with Gasteiger partial charge in [-0.25, -0.2) is 4.79 Å². The number of nitrogens with zero attached hydrogens (tertiary/aromatic N) is 3. The molecule has 3 N–H and O–H groups in total. The van der Waals surface area contributed by atoms with Crippen molar-refractivity contribution in [2.24, 2.45) is 0 Å². The number of benzene rings is 1. The minimum atomic E-state index is -1.21. The predicted molar refractivity (Wildman–Crippen MR) is 91.4 cm³/mol. The highest BCUT2D eigenvalue weighted by Crippen LogP contribution is 2.25. The number of hydrogen-bond donors (Lipinski definition) is 3. The Labute approximate surface area is 149 Å². The van der Waals surface area contributed by atoms with Crippen LogP contribution in [0.25, 0.3) is 0 Å². The third-order valence-electron chi connectivity index (χ3n) is 4.83. The minimum absolute atomic E-state index is 0.346. The first-order valence-electron chi connectivity index (χ1n) is 8.45. The lowest BCUT2D eigenvalue weighted by atomic mass is 9.91. The molecule has 2 aliphatic heterocycles. The normalized spacial score (nSPS) is 21.7. The van der Waals surface area contributed by atoms with Crippen molar-refractivity contribution in [3.05, 3.63) is 41.2 Å². The topological polar surface area (TPSA) is 118 Å². The molecule has 9 heteroatoms. The second-order valence-electron chi connectivity index (χ2n) is 6.62. The smallest absolute Gasteiger partial charge is 0.320 e. The van der Waals surface area contributed by atoms with E-state index < -0.39 is 17.5 Å². The first-order chi connectivity index (χ1) is 12.5. The molecular formula is C17H18N6O3. The molecule has 0 spiro atoms. The number of carbonyl (C=O) groups is 3. The average molecular weight is 354 g/mol. The molecule has 26 heavy (non-hydrogen) atoms. The quantitative estimate of drug-likeness (QED) is 0.709. The number of amides is 4. The summed E-state index contributed by atoms with van der Waals surface area (Å²) in [6, 6.07) is 6.05. The van der Waals surface area contributed by atoms with Crippen molar-refractivity contribution in [2.45, 2.75) is 38.3 Å². The first-order valence-corrected chi connectivity index (χ1v) is 8.45. The van der Waals surface area contributed by atoms with Crippen LogP contribution < -0.4 is 16.0 Å². The number of aryl methyl sites for hydroxylation is 1. The van der Waals surface area contributed by atoms with Crippen molar-refractivity contribution in [3.63, 3.8) is 0 Å². The van der Waals surface area contributed by atoms with E-state index in [9.17, 15) is 14.4 Å². The molecule has 1 unspecified atom stereocenters. The summed E-state index contributed by atoms with van der Waals surface area (Å²) >= 11 is 0. The van der Waals surface area contributed by atoms with Crippen LogP contribution in [-0.4, -0.2) is 32.6 Å². The highest BCUT2D eigenvalue weighted by atomic mass is 16.2. The molecule has 0 radical (unpaired) electrons. The lowest BCUT2D eigenvalue weighted by Gasteiger charge is -2.21. The van der Waals surface area contributed by atoms with Gasteiger partial charge in [0.05, 0.1) is 0 Å². The molecule has 9 nitrogen and oxygen atoms in total. The average Bonchev–Trinajstić information content (AvgIpc) is 3.16. The maximum Gasteiger partial charge on any atom is 0.322 e. The van der Waals surface area contributed by atoms with E-state index in [0.29, 0.717) is 17.1 Å². The van der Waals surface area contributed by atoms with Crippen molar-refractivity contribution in [1.29, 1.82) is 0 Å². The third kappa shape index (κ3) is 2.61. The molecular weight excluding hydrogens is 336 g/mol. The van der Waals surface area contributed by atoms with Crippen LogP contribution in [0.2, 0.25) is 0 Å². The van der Waals surface area contributed by atoms with Gasteiger partial charge in [0.1, 0.15) is 11.4 Å². The van der Waals surface area contributed by atoms with Gasteiger partial charge >= 0.3 is 6.03 Å². The van der Waals surface area contributed by atoms with Gasteiger partial charge in [-0.15, -0.1) is 10.2 Å². The molecule has 0 bridgehead atoms. The van der Waals surface area contributed by atoms with Crippen molar-refractivity contribution in [2.75, 3.05) is 5.32 Å². The summed E-state index contributed by atoms with van der Waals surface area (Å²) in [5.74, 6) is 0.499. The van der Waals surface area contributed by atoms with Gasteiger partial charge in [-0.3, -0.25) is 24.8 Å². The van der Waals surface area contributed by atoms with Crippen LogP contribution in [0, 0.1) is 0 Å². The van der Waals surface area contributed by atoms with Crippen LogP contribution in [-0.2, 0) is 23.3 Å². The molecule has 3 heterocycles. The molecule has 1 fully saturated rings. The Morgan fingerprint density at radius 3 is 2.88 bits per heavy atom. The Bertz CT molecular complexity index is 921. The Morgan fingerprint density at radius 1 is 1.27 bits per heavy atom. The molecule has 2 aliphatic rings. The maximum atomic E-state index is 12.6. The van der Waals surface area contributed by atoms with Gasteiger partial charge in [-0.05, 0) is 37.5 Å². The van der Waals surface area contributed by atoms with Gasteiger partial charge in [0.25, 0.3) is 11.8 Å². The van der Waals surface area contributed by atoms with E-state index >= 15 is 0 Å². The number of rotatable bonds is 3. The Morgan fingerprint density at radius 2 is 2.12 bits per heavy atom. The highest BCUT2D eigenvalue weighted by molar-refractivity contribution is 6.08. The van der Waals surface area contributed by atoms with Crippen LogP contribution in [0.15, 0.2) is 24.3 Å². The van der Waals surface area contributed by atoms with Gasteiger partial charge in [0.2, 0.25) is 5.95 Å². The van der Waals surface area contributed by atoms with Crippen molar-refractivity contribution in [3.8, 4) is 0 Å². The SMILES string of the molecule is CC1(c2cccc(C(=O)Nc3nnc4n3CCCC4)c2)NC(=O)NC1=O. The molecule has 4 rings (SSSR count). The lowest BCUT2D eigenvalue weighted by Crippen LogP contribution is -2.40. The summed E-state index contributed by atoms with van der Waals surface area (Å²) in [7, 11) is 0. The number of hydrogen-bond acceptors (Lipinski definition) is 5. The third-order valence-corrected chi connectivity index (χ3v) is 4.83. The molecule has 134 valence electrons. The zero-order chi connectivity index (χ0) is 18.3. The Kier molecular flexibility index (Phi) is 3.71. The summed E-state index contributed by atoms with van der Waals surface area (Å²) in [5.41, 5.74) is -0.316. The van der Waals surface area contributed by atoms with Crippen LogP contribution in [0.4, 0.5) is 10.7 Å². The predicted octanol–water partition coefficient (Wildman–Crippen LogP) is 0.921. The largest absolute Gasteiger partial charge is 0.322 e. The Balaban J connectivity index is 1.59. The number of aromatic nitrogens is 3. The number of carbonyl (C=O) groups excluding carboxylic acids is 3. The molecule has 0 saturated carbocycles. The van der Waals surface area contributed by atoms with Gasteiger partial charge < -0.3 is 5.32 Å². The molecule has 0 aliphatic carbocycles. The standard InChI is InChI=1S/C17H18N6O3/c1-17(14(25)19-16(26)20-17)11-6-4-5-10(9-11)13(24)18-15-22-21-12-7-2-3-8-23(12)15/h4-6,9H,2-3,7-8H2,1H3,(H,18,22,24)(H2,19,20,25,26). The number of fused-ring (bicyclic) bond motifs is 1. The number of anilines is 1. The summed E-state index contributed by atoms with van der Waals surface area (Å²) in [4.78, 5) is 36.2. The minimum Gasteiger partial charge on any atom is -0.320 e. The second kappa shape index (κ2) is 5.94. The van der Waals surface area contributed by atoms with Crippen LogP contribution in [0.3, 0.4) is 0 Å². The summed E-state index contributed by atoms with van der Waals surface area (Å²) in [5, 5.41) is 15.8. The van der Waals surface area contributed by atoms with Crippen molar-refractivity contribution >= 4 is 23.8 Å². The molecule has 4 amide bonds. The number of imide groups is 1. The number of urea groups is 1. The zero-order valence-corrected chi connectivity index (χ0v) is 14.2. The van der Waals surface area contributed by atoms with E-state index in [1.807, 2.05) is 4.57 Å². The summed E-state index contributed by atoms with van der Waals surface area (Å²) in [6.45, 7) is 2.38. The molecule has 1 aromatic heterocycles. The van der Waals surface area contributed by atoms with Gasteiger partial charge in [0, 0.05) is 18.5 Å². The lowest BCUT2D eigenvalue weighted by molar-refractivity contribution is -0.123.